The second kappa shape index (κ2) is 4.07. The van der Waals surface area contributed by atoms with E-state index in [4.69, 9.17) is 0 Å². The zero-order valence-electron chi connectivity index (χ0n) is 9.26. The molecule has 0 atom stereocenters. The predicted molar refractivity (Wildman–Crippen MR) is 58.5 cm³/mol. The van der Waals surface area contributed by atoms with E-state index in [-0.39, 0.29) is 0 Å². The van der Waals surface area contributed by atoms with Crippen molar-refractivity contribution in [3.63, 3.8) is 0 Å². The molecule has 0 aromatic heterocycles. The molecule has 0 aliphatic heterocycles. The van der Waals surface area contributed by atoms with Crippen LogP contribution >= 0.6 is 15.9 Å². The number of alkyl halides is 1. The van der Waals surface area contributed by atoms with Crippen molar-refractivity contribution in [3.8, 4) is 0 Å². The summed E-state index contributed by atoms with van der Waals surface area (Å²) in [5.41, 5.74) is 0. The summed E-state index contributed by atoms with van der Waals surface area (Å²) in [5.74, 6) is 0. The van der Waals surface area contributed by atoms with Gasteiger partial charge in [0.15, 0.2) is 0 Å². The molecule has 0 saturated carbocycles. The molecule has 0 heterocycles. The van der Waals surface area contributed by atoms with Gasteiger partial charge in [0.25, 0.3) is 0 Å². The third-order valence-corrected chi connectivity index (χ3v) is 2.07. The third kappa shape index (κ3) is 8.50. The molecule has 0 fully saturated rings. The average molecular weight is 239 g/mol. The molecule has 0 saturated heterocycles. The summed E-state index contributed by atoms with van der Waals surface area (Å²) in [5, 5.41) is 0. The van der Waals surface area contributed by atoms with Crippen molar-refractivity contribution >= 4 is 15.9 Å². The second-order valence-corrected chi connectivity index (χ2v) is 6.84. The number of quaternary nitrogens is 2. The molecule has 0 aliphatic rings. The Bertz CT molecular complexity index is 116. The predicted octanol–water partition coefficient (Wildman–Crippen LogP) is 1.16. The van der Waals surface area contributed by atoms with Crippen LogP contribution in [0.3, 0.4) is 0 Å². The van der Waals surface area contributed by atoms with Crippen molar-refractivity contribution in [2.45, 2.75) is 4.83 Å². The van der Waals surface area contributed by atoms with Crippen LogP contribution in [0.5, 0.6) is 0 Å². The van der Waals surface area contributed by atoms with E-state index in [9.17, 15) is 0 Å². The molecule has 0 aromatic rings. The van der Waals surface area contributed by atoms with Crippen LogP contribution in [-0.2, 0) is 0 Å². The Morgan fingerprint density at radius 2 is 1.08 bits per heavy atom. The van der Waals surface area contributed by atoms with Crippen LogP contribution in [0.2, 0.25) is 0 Å². The lowest BCUT2D eigenvalue weighted by molar-refractivity contribution is -0.888. The first-order valence-electron chi connectivity index (χ1n) is 4.35. The van der Waals surface area contributed by atoms with Gasteiger partial charge in [-0.05, 0) is 0 Å². The summed E-state index contributed by atoms with van der Waals surface area (Å²) in [6.45, 7) is 2.35. The number of hydrogen-bond acceptors (Lipinski definition) is 0. The highest BCUT2D eigenvalue weighted by Crippen LogP contribution is 2.08. The van der Waals surface area contributed by atoms with Crippen LogP contribution in [0.25, 0.3) is 0 Å². The molecule has 12 heavy (non-hydrogen) atoms. The SMILES string of the molecule is C[N+](C)(C)CC(Br)C[N+](C)(C)C. The highest BCUT2D eigenvalue weighted by Gasteiger charge is 2.21. The van der Waals surface area contributed by atoms with Gasteiger partial charge in [-0.15, -0.1) is 0 Å². The second-order valence-electron chi connectivity index (χ2n) is 5.54. The van der Waals surface area contributed by atoms with Crippen LogP contribution in [0.1, 0.15) is 0 Å². The molecular weight excluding hydrogens is 216 g/mol. The maximum absolute atomic E-state index is 3.72. The first-order valence-corrected chi connectivity index (χ1v) is 5.27. The molecule has 0 unspecified atom stereocenters. The van der Waals surface area contributed by atoms with Crippen molar-refractivity contribution in [2.24, 2.45) is 0 Å². The van der Waals surface area contributed by atoms with Crippen molar-refractivity contribution in [1.29, 1.82) is 0 Å². The lowest BCUT2D eigenvalue weighted by Gasteiger charge is -2.31. The van der Waals surface area contributed by atoms with E-state index in [2.05, 4.69) is 58.2 Å². The monoisotopic (exact) mass is 238 g/mol. The maximum atomic E-state index is 3.72. The molecular formula is C9H23BrN2+2. The number of hydrogen-bond donors (Lipinski definition) is 0. The number of nitrogens with zero attached hydrogens (tertiary/aromatic N) is 2. The number of halogens is 1. The van der Waals surface area contributed by atoms with Gasteiger partial charge < -0.3 is 8.97 Å². The summed E-state index contributed by atoms with van der Waals surface area (Å²) in [7, 11) is 13.4. The van der Waals surface area contributed by atoms with Crippen LogP contribution in [-0.4, -0.2) is 69.2 Å². The summed E-state index contributed by atoms with van der Waals surface area (Å²) >= 11 is 3.72. The standard InChI is InChI=1S/C9H23BrN2/c1-11(2,3)7-9(10)8-12(4,5)6/h9H,7-8H2,1-6H3/q+2. The van der Waals surface area contributed by atoms with Crippen molar-refractivity contribution < 1.29 is 8.97 Å². The van der Waals surface area contributed by atoms with Gasteiger partial charge in [-0.2, -0.15) is 0 Å². The molecule has 0 amide bonds. The van der Waals surface area contributed by atoms with Gasteiger partial charge in [0, 0.05) is 0 Å². The van der Waals surface area contributed by atoms with Crippen LogP contribution in [0.4, 0.5) is 0 Å². The largest absolute Gasteiger partial charge is 0.330 e. The average Bonchev–Trinajstić information content (AvgIpc) is 1.49. The quantitative estimate of drug-likeness (QED) is 0.510. The maximum Gasteiger partial charge on any atom is 0.112 e. The van der Waals surface area contributed by atoms with E-state index in [1.807, 2.05) is 0 Å². The third-order valence-electron chi connectivity index (χ3n) is 1.49. The lowest BCUT2D eigenvalue weighted by Crippen LogP contribution is -2.47. The Balaban J connectivity index is 3.83. The normalized spacial score (nSPS) is 14.0. The molecule has 2 nitrogen and oxygen atoms in total. The van der Waals surface area contributed by atoms with Crippen LogP contribution < -0.4 is 0 Å². The fraction of sp³-hybridized carbons (Fsp3) is 1.00. The van der Waals surface area contributed by atoms with Crippen LogP contribution in [0, 0.1) is 0 Å². The van der Waals surface area contributed by atoms with Gasteiger partial charge in [0.2, 0.25) is 0 Å². The molecule has 0 aliphatic carbocycles. The molecule has 0 aromatic carbocycles. The summed E-state index contributed by atoms with van der Waals surface area (Å²) in [6, 6.07) is 0. The minimum Gasteiger partial charge on any atom is -0.330 e. The molecule has 0 bridgehead atoms. The van der Waals surface area contributed by atoms with Gasteiger partial charge in [0.05, 0.1) is 55.4 Å². The van der Waals surface area contributed by atoms with E-state index >= 15 is 0 Å². The van der Waals surface area contributed by atoms with Gasteiger partial charge in [-0.1, -0.05) is 15.9 Å². The van der Waals surface area contributed by atoms with E-state index in [0.717, 1.165) is 8.97 Å². The Kier molecular flexibility index (Phi) is 4.21. The van der Waals surface area contributed by atoms with Crippen LogP contribution in [0.15, 0.2) is 0 Å². The Hall–Kier alpha value is 0.400. The zero-order chi connectivity index (χ0) is 9.99. The molecule has 0 spiro atoms. The Morgan fingerprint density at radius 1 is 0.833 bits per heavy atom. The van der Waals surface area contributed by atoms with E-state index in [0.29, 0.717) is 4.83 Å². The van der Waals surface area contributed by atoms with E-state index < -0.39 is 0 Å². The first kappa shape index (κ1) is 12.4. The molecule has 0 rings (SSSR count). The lowest BCUT2D eigenvalue weighted by atomic mass is 10.3. The Labute approximate surface area is 85.5 Å². The van der Waals surface area contributed by atoms with Gasteiger partial charge in [0.1, 0.15) is 4.83 Å². The fourth-order valence-corrected chi connectivity index (χ4v) is 2.98. The topological polar surface area (TPSA) is 0 Å². The summed E-state index contributed by atoms with van der Waals surface area (Å²) < 4.78 is 2.05. The van der Waals surface area contributed by atoms with Crippen molar-refractivity contribution in [1.82, 2.24) is 0 Å². The highest BCUT2D eigenvalue weighted by atomic mass is 79.9. The van der Waals surface area contributed by atoms with Gasteiger partial charge in [-0.25, -0.2) is 0 Å². The highest BCUT2D eigenvalue weighted by molar-refractivity contribution is 9.09. The summed E-state index contributed by atoms with van der Waals surface area (Å²) in [6.07, 6.45) is 0. The number of rotatable bonds is 4. The Morgan fingerprint density at radius 3 is 1.25 bits per heavy atom. The molecule has 74 valence electrons. The minimum absolute atomic E-state index is 0.609. The smallest absolute Gasteiger partial charge is 0.112 e. The molecule has 0 N–H and O–H groups in total. The van der Waals surface area contributed by atoms with E-state index in [1.165, 1.54) is 13.1 Å². The zero-order valence-corrected chi connectivity index (χ0v) is 10.8. The minimum atomic E-state index is 0.609. The van der Waals surface area contributed by atoms with Crippen molar-refractivity contribution in [2.75, 3.05) is 55.4 Å². The first-order chi connectivity index (χ1) is 5.10. The fourth-order valence-electron chi connectivity index (χ4n) is 1.25. The summed E-state index contributed by atoms with van der Waals surface area (Å²) in [4.78, 5) is 0.609. The van der Waals surface area contributed by atoms with E-state index in [1.54, 1.807) is 0 Å². The van der Waals surface area contributed by atoms with Gasteiger partial charge >= 0.3 is 0 Å². The van der Waals surface area contributed by atoms with Crippen molar-refractivity contribution in [3.05, 3.63) is 0 Å². The molecule has 0 radical (unpaired) electrons. The van der Waals surface area contributed by atoms with Gasteiger partial charge in [-0.3, -0.25) is 0 Å². The molecule has 3 heteroatoms.